The van der Waals surface area contributed by atoms with Crippen molar-refractivity contribution >= 4 is 5.69 Å². The molecule has 0 bridgehead atoms. The van der Waals surface area contributed by atoms with Gasteiger partial charge in [-0.15, -0.1) is 5.10 Å². The molecule has 2 aromatic rings. The van der Waals surface area contributed by atoms with Crippen LogP contribution in [-0.4, -0.2) is 15.0 Å². The van der Waals surface area contributed by atoms with E-state index < -0.39 is 17.5 Å². The molecule has 0 saturated heterocycles. The van der Waals surface area contributed by atoms with E-state index in [0.29, 0.717) is 17.8 Å². The summed E-state index contributed by atoms with van der Waals surface area (Å²) in [5.74, 6) is -2.91. The third-order valence-corrected chi connectivity index (χ3v) is 2.10. The Morgan fingerprint density at radius 1 is 1.24 bits per heavy atom. The Morgan fingerprint density at radius 3 is 2.41 bits per heavy atom. The molecule has 0 fully saturated rings. The van der Waals surface area contributed by atoms with E-state index in [1.54, 1.807) is 13.2 Å². The molecule has 17 heavy (non-hydrogen) atoms. The fourth-order valence-electron chi connectivity index (χ4n) is 1.37. The minimum absolute atomic E-state index is 0.104. The van der Waals surface area contributed by atoms with Crippen molar-refractivity contribution in [1.82, 2.24) is 15.0 Å². The minimum atomic E-state index is -0.980. The van der Waals surface area contributed by atoms with Gasteiger partial charge in [-0.2, -0.15) is 0 Å². The predicted molar refractivity (Wildman–Crippen MR) is 54.6 cm³/mol. The fourth-order valence-corrected chi connectivity index (χ4v) is 1.37. The third kappa shape index (κ3) is 2.55. The Kier molecular flexibility index (Phi) is 2.99. The van der Waals surface area contributed by atoms with E-state index in [9.17, 15) is 13.2 Å². The fraction of sp³-hybridized carbons (Fsp3) is 0.200. The summed E-state index contributed by atoms with van der Waals surface area (Å²) in [7, 11) is 1.68. The molecule has 0 spiro atoms. The summed E-state index contributed by atoms with van der Waals surface area (Å²) in [6.07, 6.45) is 1.60. The van der Waals surface area contributed by atoms with Crippen LogP contribution in [0.4, 0.5) is 18.9 Å². The lowest BCUT2D eigenvalue weighted by molar-refractivity contribution is 0.547. The zero-order chi connectivity index (χ0) is 12.4. The summed E-state index contributed by atoms with van der Waals surface area (Å²) in [6.45, 7) is 0.104. The molecule has 1 aromatic carbocycles. The highest BCUT2D eigenvalue weighted by atomic mass is 19.1. The van der Waals surface area contributed by atoms with E-state index in [4.69, 9.17) is 0 Å². The van der Waals surface area contributed by atoms with Gasteiger partial charge in [-0.1, -0.05) is 5.21 Å². The topological polar surface area (TPSA) is 42.7 Å². The van der Waals surface area contributed by atoms with Crippen molar-refractivity contribution in [3.63, 3.8) is 0 Å². The Bertz CT molecular complexity index is 515. The molecule has 0 aliphatic rings. The number of benzene rings is 1. The first kappa shape index (κ1) is 11.4. The summed E-state index contributed by atoms with van der Waals surface area (Å²) in [6, 6.07) is 1.23. The monoisotopic (exact) mass is 242 g/mol. The van der Waals surface area contributed by atoms with Gasteiger partial charge in [0, 0.05) is 25.4 Å². The molecule has 0 aliphatic heterocycles. The molecule has 1 aromatic heterocycles. The van der Waals surface area contributed by atoms with Crippen LogP contribution in [0, 0.1) is 17.5 Å². The highest BCUT2D eigenvalue weighted by Gasteiger charge is 2.11. The molecule has 1 N–H and O–H groups in total. The van der Waals surface area contributed by atoms with Gasteiger partial charge in [-0.05, 0) is 0 Å². The summed E-state index contributed by atoms with van der Waals surface area (Å²) < 4.78 is 40.6. The van der Waals surface area contributed by atoms with Gasteiger partial charge in [0.1, 0.15) is 17.2 Å². The van der Waals surface area contributed by atoms with Gasteiger partial charge in [-0.25, -0.2) is 13.2 Å². The number of nitrogens with one attached hydrogen (secondary N) is 1. The third-order valence-electron chi connectivity index (χ3n) is 2.10. The number of anilines is 1. The van der Waals surface area contributed by atoms with Crippen molar-refractivity contribution in [2.24, 2.45) is 7.05 Å². The summed E-state index contributed by atoms with van der Waals surface area (Å²) in [4.78, 5) is 0. The van der Waals surface area contributed by atoms with E-state index in [2.05, 4.69) is 15.6 Å². The minimum Gasteiger partial charge on any atom is -0.375 e. The summed E-state index contributed by atoms with van der Waals surface area (Å²) in [5.41, 5.74) is 0.146. The van der Waals surface area contributed by atoms with Crippen LogP contribution < -0.4 is 5.32 Å². The second kappa shape index (κ2) is 4.44. The van der Waals surface area contributed by atoms with Crippen molar-refractivity contribution in [2.75, 3.05) is 5.32 Å². The lowest BCUT2D eigenvalue weighted by atomic mass is 10.2. The Balaban J connectivity index is 2.14. The lowest BCUT2D eigenvalue weighted by Crippen LogP contribution is -2.04. The zero-order valence-electron chi connectivity index (χ0n) is 8.91. The second-order valence-electron chi connectivity index (χ2n) is 3.48. The van der Waals surface area contributed by atoms with Crippen LogP contribution >= 0.6 is 0 Å². The van der Waals surface area contributed by atoms with Crippen molar-refractivity contribution in [3.05, 3.63) is 41.5 Å². The molecular weight excluding hydrogens is 233 g/mol. The molecule has 0 amide bonds. The molecule has 90 valence electrons. The van der Waals surface area contributed by atoms with Crippen LogP contribution in [-0.2, 0) is 13.6 Å². The summed E-state index contributed by atoms with van der Waals surface area (Å²) >= 11 is 0. The van der Waals surface area contributed by atoms with E-state index in [-0.39, 0.29) is 12.2 Å². The molecule has 1 heterocycles. The number of aryl methyl sites for hydroxylation is 1. The van der Waals surface area contributed by atoms with E-state index in [0.717, 1.165) is 0 Å². The molecule has 0 unspecified atom stereocenters. The molecule has 0 aliphatic carbocycles. The highest BCUT2D eigenvalue weighted by Crippen LogP contribution is 2.20. The second-order valence-corrected chi connectivity index (χ2v) is 3.48. The molecule has 2 rings (SSSR count). The van der Waals surface area contributed by atoms with E-state index in [1.165, 1.54) is 4.68 Å². The van der Waals surface area contributed by atoms with Crippen LogP contribution in [0.25, 0.3) is 0 Å². The van der Waals surface area contributed by atoms with Crippen LogP contribution in [0.3, 0.4) is 0 Å². The first-order valence-corrected chi connectivity index (χ1v) is 4.80. The number of nitrogens with zero attached hydrogens (tertiary/aromatic N) is 3. The molecule has 4 nitrogen and oxygen atoms in total. The van der Waals surface area contributed by atoms with Gasteiger partial charge in [0.25, 0.3) is 0 Å². The standard InChI is InChI=1S/C10H9F3N4/c1-17-5-7(15-16-17)4-14-10-8(12)2-6(11)3-9(10)13/h2-3,5,14H,4H2,1H3. The maximum atomic E-state index is 13.2. The van der Waals surface area contributed by atoms with Crippen molar-refractivity contribution in [3.8, 4) is 0 Å². The first-order valence-electron chi connectivity index (χ1n) is 4.80. The number of aromatic nitrogens is 3. The van der Waals surface area contributed by atoms with Gasteiger partial charge in [0.05, 0.1) is 6.54 Å². The number of hydrogen-bond donors (Lipinski definition) is 1. The van der Waals surface area contributed by atoms with Gasteiger partial charge in [-0.3, -0.25) is 4.68 Å². The Labute approximate surface area is 95.1 Å². The van der Waals surface area contributed by atoms with E-state index in [1.807, 2.05) is 0 Å². The average Bonchev–Trinajstić information content (AvgIpc) is 2.62. The Morgan fingerprint density at radius 2 is 1.88 bits per heavy atom. The molecular formula is C10H9F3N4. The normalized spacial score (nSPS) is 10.6. The van der Waals surface area contributed by atoms with Crippen LogP contribution in [0.15, 0.2) is 18.3 Å². The number of hydrogen-bond acceptors (Lipinski definition) is 3. The van der Waals surface area contributed by atoms with Crippen LogP contribution in [0.2, 0.25) is 0 Å². The van der Waals surface area contributed by atoms with Crippen molar-refractivity contribution in [2.45, 2.75) is 6.54 Å². The zero-order valence-corrected chi connectivity index (χ0v) is 8.91. The predicted octanol–water partition coefficient (Wildman–Crippen LogP) is 1.84. The smallest absolute Gasteiger partial charge is 0.152 e. The highest BCUT2D eigenvalue weighted by molar-refractivity contribution is 5.46. The quantitative estimate of drug-likeness (QED) is 0.893. The number of rotatable bonds is 3. The maximum absolute atomic E-state index is 13.2. The van der Waals surface area contributed by atoms with Gasteiger partial charge in [0.15, 0.2) is 11.6 Å². The Hall–Kier alpha value is -2.05. The lowest BCUT2D eigenvalue weighted by Gasteiger charge is -2.06. The first-order chi connectivity index (χ1) is 8.06. The van der Waals surface area contributed by atoms with E-state index >= 15 is 0 Å². The summed E-state index contributed by atoms with van der Waals surface area (Å²) in [5, 5.41) is 9.91. The molecule has 7 heteroatoms. The van der Waals surface area contributed by atoms with Crippen molar-refractivity contribution in [1.29, 1.82) is 0 Å². The van der Waals surface area contributed by atoms with Gasteiger partial charge < -0.3 is 5.32 Å². The molecule has 0 saturated carbocycles. The average molecular weight is 242 g/mol. The molecule has 0 atom stereocenters. The SMILES string of the molecule is Cn1cc(CNc2c(F)cc(F)cc2F)nn1. The van der Waals surface area contributed by atoms with Crippen molar-refractivity contribution < 1.29 is 13.2 Å². The van der Waals surface area contributed by atoms with Gasteiger partial charge >= 0.3 is 0 Å². The molecule has 0 radical (unpaired) electrons. The maximum Gasteiger partial charge on any atom is 0.152 e. The van der Waals surface area contributed by atoms with Gasteiger partial charge in [0.2, 0.25) is 0 Å². The number of halogens is 3. The largest absolute Gasteiger partial charge is 0.375 e. The van der Waals surface area contributed by atoms with Crippen LogP contribution in [0.1, 0.15) is 5.69 Å². The van der Waals surface area contributed by atoms with Crippen LogP contribution in [0.5, 0.6) is 0 Å².